The molecule has 0 aliphatic carbocycles. The molecule has 0 radical (unpaired) electrons. The highest BCUT2D eigenvalue weighted by atomic mass is 16.5. The second-order valence-corrected chi connectivity index (χ2v) is 12.6. The van der Waals surface area contributed by atoms with Crippen molar-refractivity contribution < 1.29 is 24.2 Å². The van der Waals surface area contributed by atoms with Crippen LogP contribution in [0.4, 0.5) is 10.5 Å². The Morgan fingerprint density at radius 3 is 2.36 bits per heavy atom. The van der Waals surface area contributed by atoms with Crippen LogP contribution in [-0.4, -0.2) is 89.1 Å². The van der Waals surface area contributed by atoms with Crippen LogP contribution in [0.3, 0.4) is 0 Å². The summed E-state index contributed by atoms with van der Waals surface area (Å²) in [5, 5.41) is 9.20. The highest BCUT2D eigenvalue weighted by molar-refractivity contribution is 5.85. The first kappa shape index (κ1) is 29.7. The molecule has 2 fully saturated rings. The zero-order valence-electron chi connectivity index (χ0n) is 25.3. The van der Waals surface area contributed by atoms with Gasteiger partial charge in [-0.3, -0.25) is 9.59 Å². The molecule has 3 heterocycles. The number of nitrogens with zero attached hydrogens (tertiary/aromatic N) is 4. The molecule has 226 valence electrons. The normalized spacial score (nSPS) is 19.5. The number of carbonyl (C=O) groups is 3. The van der Waals surface area contributed by atoms with Crippen molar-refractivity contribution in [2.24, 2.45) is 5.92 Å². The van der Waals surface area contributed by atoms with E-state index < -0.39 is 11.7 Å². The van der Waals surface area contributed by atoms with Gasteiger partial charge in [0.25, 0.3) is 5.91 Å². The Labute approximate surface area is 249 Å². The molecule has 9 nitrogen and oxygen atoms in total. The average molecular weight is 577 g/mol. The Hall–Kier alpha value is -3.75. The highest BCUT2D eigenvalue weighted by Gasteiger charge is 2.37. The molecule has 42 heavy (non-hydrogen) atoms. The second kappa shape index (κ2) is 12.2. The predicted molar refractivity (Wildman–Crippen MR) is 162 cm³/mol. The van der Waals surface area contributed by atoms with Gasteiger partial charge in [0.05, 0.1) is 5.92 Å². The number of ether oxygens (including phenoxy) is 1. The Bertz CT molecular complexity index is 1320. The number of hydrogen-bond donors (Lipinski definition) is 1. The van der Waals surface area contributed by atoms with E-state index >= 15 is 0 Å². The van der Waals surface area contributed by atoms with Crippen LogP contribution >= 0.6 is 0 Å². The molecular formula is C33H44N4O5. The minimum atomic E-state index is -1.11. The zero-order chi connectivity index (χ0) is 30.0. The van der Waals surface area contributed by atoms with E-state index in [1.54, 1.807) is 18.7 Å². The molecule has 3 amide bonds. The van der Waals surface area contributed by atoms with Crippen molar-refractivity contribution in [2.45, 2.75) is 65.0 Å². The van der Waals surface area contributed by atoms with Crippen molar-refractivity contribution in [1.29, 1.82) is 0 Å². The van der Waals surface area contributed by atoms with Gasteiger partial charge in [0.2, 0.25) is 5.91 Å². The third-order valence-electron chi connectivity index (χ3n) is 8.90. The van der Waals surface area contributed by atoms with Gasteiger partial charge in [-0.15, -0.1) is 0 Å². The summed E-state index contributed by atoms with van der Waals surface area (Å²) in [6.07, 6.45) is 1.77. The number of fused-ring (bicyclic) bond motifs is 1. The van der Waals surface area contributed by atoms with Crippen LogP contribution in [-0.2, 0) is 22.6 Å². The number of benzene rings is 2. The number of piperidine rings is 1. The Kier molecular flexibility index (Phi) is 8.66. The summed E-state index contributed by atoms with van der Waals surface area (Å²) in [6, 6.07) is 14.5. The van der Waals surface area contributed by atoms with E-state index in [2.05, 4.69) is 36.9 Å². The van der Waals surface area contributed by atoms with Crippen LogP contribution in [0, 0.1) is 5.92 Å². The van der Waals surface area contributed by atoms with Gasteiger partial charge in [-0.1, -0.05) is 38.1 Å². The monoisotopic (exact) mass is 576 g/mol. The van der Waals surface area contributed by atoms with E-state index in [4.69, 9.17) is 4.74 Å². The molecule has 0 aromatic heterocycles. The van der Waals surface area contributed by atoms with Crippen LogP contribution in [0.2, 0.25) is 0 Å². The first-order valence-electron chi connectivity index (χ1n) is 15.2. The molecule has 2 saturated heterocycles. The van der Waals surface area contributed by atoms with E-state index in [1.165, 1.54) is 21.6 Å². The van der Waals surface area contributed by atoms with Crippen LogP contribution in [0.5, 0.6) is 5.75 Å². The molecule has 9 heteroatoms. The summed E-state index contributed by atoms with van der Waals surface area (Å²) in [7, 11) is 0. The molecule has 3 aliphatic rings. The zero-order valence-corrected chi connectivity index (χ0v) is 25.3. The number of carboxylic acid groups (broad SMARTS) is 1. The maximum Gasteiger partial charge on any atom is 0.407 e. The van der Waals surface area contributed by atoms with Crippen LogP contribution in [0.15, 0.2) is 42.5 Å². The van der Waals surface area contributed by atoms with E-state index in [0.29, 0.717) is 50.9 Å². The quantitative estimate of drug-likeness (QED) is 0.541. The van der Waals surface area contributed by atoms with E-state index in [1.807, 2.05) is 29.2 Å². The van der Waals surface area contributed by atoms with Crippen molar-refractivity contribution in [3.8, 4) is 5.75 Å². The molecule has 5 rings (SSSR count). The summed E-state index contributed by atoms with van der Waals surface area (Å²) in [5.74, 6) is 1.12. The number of carbonyl (C=O) groups excluding carboxylic acids is 2. The molecule has 1 N–H and O–H groups in total. The fraction of sp³-hybridized carbons (Fsp3) is 0.545. The summed E-state index contributed by atoms with van der Waals surface area (Å²) >= 11 is 0. The Morgan fingerprint density at radius 2 is 1.64 bits per heavy atom. The smallest absolute Gasteiger partial charge is 0.407 e. The van der Waals surface area contributed by atoms with Gasteiger partial charge in [0.1, 0.15) is 5.75 Å². The molecule has 3 aliphatic heterocycles. The third kappa shape index (κ3) is 6.50. The lowest BCUT2D eigenvalue weighted by atomic mass is 9.91. The van der Waals surface area contributed by atoms with Gasteiger partial charge in [-0.2, -0.15) is 0 Å². The van der Waals surface area contributed by atoms with Crippen molar-refractivity contribution in [2.75, 3.05) is 50.7 Å². The predicted octanol–water partition coefficient (Wildman–Crippen LogP) is 4.59. The molecule has 0 saturated carbocycles. The standard InChI is InChI=1S/C33H44N4O5/c1-23(2)24-10-11-26-21-37(14-12-25(26)19-24)30(38)27-7-6-13-36(22-27)28-8-5-9-29(20-28)42-33(3,4)31(39)34-15-17-35(18-16-34)32(40)41/h5,8-11,19-20,23,27H,6-7,12-18,21-22H2,1-4H3,(H,40,41). The highest BCUT2D eigenvalue weighted by Crippen LogP contribution is 2.31. The molecule has 0 bridgehead atoms. The number of rotatable bonds is 6. The van der Waals surface area contributed by atoms with Crippen molar-refractivity contribution in [3.05, 3.63) is 59.2 Å². The molecule has 1 atom stereocenters. The minimum Gasteiger partial charge on any atom is -0.478 e. The fourth-order valence-electron chi connectivity index (χ4n) is 6.36. The number of hydrogen-bond acceptors (Lipinski definition) is 5. The van der Waals surface area contributed by atoms with Crippen LogP contribution in [0.1, 0.15) is 63.1 Å². The summed E-state index contributed by atoms with van der Waals surface area (Å²) in [4.78, 5) is 45.4. The maximum atomic E-state index is 13.6. The number of piperazine rings is 1. The molecule has 2 aromatic carbocycles. The van der Waals surface area contributed by atoms with Crippen LogP contribution in [0.25, 0.3) is 0 Å². The lowest BCUT2D eigenvalue weighted by Crippen LogP contribution is -2.56. The first-order chi connectivity index (χ1) is 20.0. The Balaban J connectivity index is 1.20. The van der Waals surface area contributed by atoms with E-state index in [-0.39, 0.29) is 17.7 Å². The average Bonchev–Trinajstić information content (AvgIpc) is 2.99. The SMILES string of the molecule is CC(C)c1ccc2c(c1)CCN(C(=O)C1CCCN(c3cccc(OC(C)(C)C(=O)N4CCN(C(=O)O)CC4)c3)C1)C2. The van der Waals surface area contributed by atoms with Crippen molar-refractivity contribution >= 4 is 23.6 Å². The van der Waals surface area contributed by atoms with Gasteiger partial charge in [-0.05, 0) is 67.9 Å². The molecule has 0 spiro atoms. The maximum absolute atomic E-state index is 13.6. The summed E-state index contributed by atoms with van der Waals surface area (Å²) < 4.78 is 6.23. The fourth-order valence-corrected chi connectivity index (χ4v) is 6.36. The van der Waals surface area contributed by atoms with Gasteiger partial charge < -0.3 is 29.4 Å². The summed E-state index contributed by atoms with van der Waals surface area (Å²) in [5.41, 5.74) is 3.86. The van der Waals surface area contributed by atoms with Gasteiger partial charge in [-0.25, -0.2) is 4.79 Å². The lowest BCUT2D eigenvalue weighted by Gasteiger charge is -2.38. The van der Waals surface area contributed by atoms with Crippen molar-refractivity contribution in [1.82, 2.24) is 14.7 Å². The number of anilines is 1. The minimum absolute atomic E-state index is 0.0534. The molecular weight excluding hydrogens is 532 g/mol. The second-order valence-electron chi connectivity index (χ2n) is 12.6. The lowest BCUT2D eigenvalue weighted by molar-refractivity contribution is -0.147. The Morgan fingerprint density at radius 1 is 0.905 bits per heavy atom. The van der Waals surface area contributed by atoms with Gasteiger partial charge in [0.15, 0.2) is 5.60 Å². The topological polar surface area (TPSA) is 93.6 Å². The largest absolute Gasteiger partial charge is 0.478 e. The first-order valence-corrected chi connectivity index (χ1v) is 15.2. The van der Waals surface area contributed by atoms with Gasteiger partial charge >= 0.3 is 6.09 Å². The van der Waals surface area contributed by atoms with E-state index in [9.17, 15) is 19.5 Å². The number of amides is 3. The third-order valence-corrected chi connectivity index (χ3v) is 8.90. The van der Waals surface area contributed by atoms with Crippen molar-refractivity contribution in [3.63, 3.8) is 0 Å². The van der Waals surface area contributed by atoms with E-state index in [0.717, 1.165) is 38.0 Å². The molecule has 2 aromatic rings. The molecule has 1 unspecified atom stereocenters. The summed E-state index contributed by atoms with van der Waals surface area (Å²) in [6.45, 7) is 12.2. The van der Waals surface area contributed by atoms with Gasteiger partial charge in [0, 0.05) is 64.1 Å². The van der Waals surface area contributed by atoms with Crippen LogP contribution < -0.4 is 9.64 Å².